The Morgan fingerprint density at radius 2 is 1.53 bits per heavy atom. The molecule has 0 radical (unpaired) electrons. The van der Waals surface area contributed by atoms with Gasteiger partial charge in [0.15, 0.2) is 0 Å². The SMILES string of the molecule is O=C1[C@@H]2CC=CC[C@H]2C(=O)N1CN1CCN(c2cnn(-c3ccccc3)c(=O)c2Cl)CC1. The summed E-state index contributed by atoms with van der Waals surface area (Å²) < 4.78 is 1.29. The van der Waals surface area contributed by atoms with E-state index >= 15 is 0 Å². The lowest BCUT2D eigenvalue weighted by molar-refractivity contribution is -0.142. The maximum atomic E-state index is 12.8. The molecule has 3 heterocycles. The summed E-state index contributed by atoms with van der Waals surface area (Å²) >= 11 is 6.43. The Kier molecular flexibility index (Phi) is 5.57. The summed E-state index contributed by atoms with van der Waals surface area (Å²) in [7, 11) is 0. The molecule has 0 spiro atoms. The number of halogens is 1. The Morgan fingerprint density at radius 1 is 0.906 bits per heavy atom. The van der Waals surface area contributed by atoms with Crippen molar-refractivity contribution < 1.29 is 9.59 Å². The van der Waals surface area contributed by atoms with Gasteiger partial charge >= 0.3 is 0 Å². The van der Waals surface area contributed by atoms with E-state index in [0.717, 1.165) is 0 Å². The number of amides is 2. The van der Waals surface area contributed by atoms with Crippen LogP contribution in [0.15, 0.2) is 53.5 Å². The van der Waals surface area contributed by atoms with E-state index in [0.29, 0.717) is 57.1 Å². The van der Waals surface area contributed by atoms with Gasteiger partial charge < -0.3 is 4.90 Å². The van der Waals surface area contributed by atoms with Gasteiger partial charge in [0, 0.05) is 26.2 Å². The molecule has 2 aromatic rings. The molecular weight excluding hydrogens is 430 g/mol. The second kappa shape index (κ2) is 8.52. The minimum Gasteiger partial charge on any atom is -0.366 e. The normalized spacial score (nSPS) is 23.7. The number of imide groups is 1. The average molecular weight is 454 g/mol. The van der Waals surface area contributed by atoms with Gasteiger partial charge in [0.05, 0.1) is 36.1 Å². The van der Waals surface area contributed by atoms with Crippen LogP contribution in [0.1, 0.15) is 12.8 Å². The van der Waals surface area contributed by atoms with Crippen molar-refractivity contribution in [2.75, 3.05) is 37.7 Å². The second-order valence-electron chi connectivity index (χ2n) is 8.40. The molecule has 1 aliphatic carbocycles. The zero-order valence-corrected chi connectivity index (χ0v) is 18.3. The molecule has 3 aliphatic rings. The Hall–Kier alpha value is -2.97. The molecule has 8 nitrogen and oxygen atoms in total. The predicted octanol–water partition coefficient (Wildman–Crippen LogP) is 1.92. The van der Waals surface area contributed by atoms with Crippen LogP contribution >= 0.6 is 11.6 Å². The van der Waals surface area contributed by atoms with Crippen molar-refractivity contribution in [3.63, 3.8) is 0 Å². The van der Waals surface area contributed by atoms with Crippen LogP contribution in [0.4, 0.5) is 5.69 Å². The number of nitrogens with zero attached hydrogens (tertiary/aromatic N) is 5. The molecule has 0 N–H and O–H groups in total. The van der Waals surface area contributed by atoms with E-state index in [4.69, 9.17) is 11.6 Å². The molecule has 0 bridgehead atoms. The van der Waals surface area contributed by atoms with Crippen LogP contribution < -0.4 is 10.5 Å². The van der Waals surface area contributed by atoms with E-state index in [2.05, 4.69) is 10.00 Å². The van der Waals surface area contributed by atoms with Crippen molar-refractivity contribution in [3.8, 4) is 5.69 Å². The molecule has 32 heavy (non-hydrogen) atoms. The first-order valence-electron chi connectivity index (χ1n) is 10.9. The molecule has 2 aliphatic heterocycles. The molecule has 0 saturated carbocycles. The monoisotopic (exact) mass is 453 g/mol. The lowest BCUT2D eigenvalue weighted by atomic mass is 9.85. The van der Waals surface area contributed by atoms with Crippen LogP contribution in [0.25, 0.3) is 5.69 Å². The largest absolute Gasteiger partial charge is 0.366 e. The standard InChI is InChI=1S/C23H24ClN5O3/c24-20-19(14-25-29(23(20)32)16-6-2-1-3-7-16)27-12-10-26(11-13-27)15-28-21(30)17-8-4-5-9-18(17)22(28)31/h1-7,14,17-18H,8-13,15H2/t17-,18-/m1/s1. The molecule has 1 aromatic heterocycles. The number of para-hydroxylation sites is 1. The number of rotatable bonds is 4. The zero-order chi connectivity index (χ0) is 22.2. The molecule has 2 amide bonds. The van der Waals surface area contributed by atoms with Crippen LogP contribution in [0, 0.1) is 11.8 Å². The first kappa shape index (κ1) is 20.9. The maximum absolute atomic E-state index is 12.8. The Morgan fingerprint density at radius 3 is 2.16 bits per heavy atom. The fourth-order valence-electron chi connectivity index (χ4n) is 4.74. The second-order valence-corrected chi connectivity index (χ2v) is 8.78. The van der Waals surface area contributed by atoms with Crippen molar-refractivity contribution in [3.05, 3.63) is 64.1 Å². The highest BCUT2D eigenvalue weighted by Crippen LogP contribution is 2.35. The van der Waals surface area contributed by atoms with E-state index in [1.54, 1.807) is 18.3 Å². The third kappa shape index (κ3) is 3.63. The molecule has 0 unspecified atom stereocenters. The summed E-state index contributed by atoms with van der Waals surface area (Å²) in [5.41, 5.74) is 0.905. The number of piperazine rings is 1. The summed E-state index contributed by atoms with van der Waals surface area (Å²) in [6.45, 7) is 2.88. The minimum atomic E-state index is -0.359. The number of carbonyl (C=O) groups is 2. The topological polar surface area (TPSA) is 78.8 Å². The van der Waals surface area contributed by atoms with E-state index < -0.39 is 0 Å². The highest BCUT2D eigenvalue weighted by molar-refractivity contribution is 6.33. The third-order valence-corrected chi connectivity index (χ3v) is 6.91. The van der Waals surface area contributed by atoms with Crippen LogP contribution in [-0.2, 0) is 9.59 Å². The van der Waals surface area contributed by atoms with Crippen LogP contribution in [-0.4, -0.2) is 64.2 Å². The fraction of sp³-hybridized carbons (Fsp3) is 0.391. The van der Waals surface area contributed by atoms with Gasteiger partial charge in [-0.25, -0.2) is 0 Å². The molecule has 2 saturated heterocycles. The van der Waals surface area contributed by atoms with Crippen molar-refractivity contribution in [1.29, 1.82) is 0 Å². The first-order chi connectivity index (χ1) is 15.5. The lowest BCUT2D eigenvalue weighted by Crippen LogP contribution is -2.51. The first-order valence-corrected chi connectivity index (χ1v) is 11.2. The molecule has 2 fully saturated rings. The number of hydrogen-bond acceptors (Lipinski definition) is 6. The highest BCUT2D eigenvalue weighted by atomic mass is 35.5. The van der Waals surface area contributed by atoms with Crippen molar-refractivity contribution in [1.82, 2.24) is 19.6 Å². The van der Waals surface area contributed by atoms with Gasteiger partial charge in [-0.15, -0.1) is 0 Å². The smallest absolute Gasteiger partial charge is 0.292 e. The molecule has 9 heteroatoms. The number of anilines is 1. The van der Waals surface area contributed by atoms with Gasteiger partial charge in [-0.05, 0) is 25.0 Å². The molecule has 2 atom stereocenters. The predicted molar refractivity (Wildman–Crippen MR) is 121 cm³/mol. The van der Waals surface area contributed by atoms with E-state index in [1.807, 2.05) is 35.3 Å². The van der Waals surface area contributed by atoms with Gasteiger partial charge in [0.1, 0.15) is 5.02 Å². The number of hydrogen-bond donors (Lipinski definition) is 0. The van der Waals surface area contributed by atoms with E-state index in [9.17, 15) is 14.4 Å². The van der Waals surface area contributed by atoms with Gasteiger partial charge in [-0.2, -0.15) is 9.78 Å². The van der Waals surface area contributed by atoms with Crippen molar-refractivity contribution in [2.45, 2.75) is 12.8 Å². The third-order valence-electron chi connectivity index (χ3n) is 6.55. The quantitative estimate of drug-likeness (QED) is 0.520. The number of benzene rings is 1. The van der Waals surface area contributed by atoms with Crippen LogP contribution in [0.3, 0.4) is 0 Å². The number of likely N-dealkylation sites (tertiary alicyclic amines) is 1. The van der Waals surface area contributed by atoms with Gasteiger partial charge in [-0.1, -0.05) is 42.0 Å². The zero-order valence-electron chi connectivity index (χ0n) is 17.6. The summed E-state index contributed by atoms with van der Waals surface area (Å²) in [5.74, 6) is -0.503. The van der Waals surface area contributed by atoms with Crippen LogP contribution in [0.5, 0.6) is 0 Å². The van der Waals surface area contributed by atoms with E-state index in [1.165, 1.54) is 9.58 Å². The Bertz CT molecular complexity index is 1100. The summed E-state index contributed by atoms with van der Waals surface area (Å²) in [5, 5.41) is 4.45. The average Bonchev–Trinajstić information content (AvgIpc) is 3.07. The number of allylic oxidation sites excluding steroid dienone is 2. The van der Waals surface area contributed by atoms with E-state index in [-0.39, 0.29) is 34.2 Å². The van der Waals surface area contributed by atoms with Crippen molar-refractivity contribution >= 4 is 29.1 Å². The minimum absolute atomic E-state index is 0.0523. The molecular formula is C23H24ClN5O3. The molecule has 5 rings (SSSR count). The summed E-state index contributed by atoms with van der Waals surface area (Å²) in [4.78, 5) is 43.7. The van der Waals surface area contributed by atoms with Gasteiger partial charge in [0.25, 0.3) is 5.56 Å². The fourth-order valence-corrected chi connectivity index (χ4v) is 4.98. The van der Waals surface area contributed by atoms with Crippen LogP contribution in [0.2, 0.25) is 5.02 Å². The highest BCUT2D eigenvalue weighted by Gasteiger charge is 2.47. The maximum Gasteiger partial charge on any atom is 0.292 e. The number of carbonyl (C=O) groups excluding carboxylic acids is 2. The van der Waals surface area contributed by atoms with Gasteiger partial charge in [0.2, 0.25) is 11.8 Å². The summed E-state index contributed by atoms with van der Waals surface area (Å²) in [6, 6.07) is 9.16. The van der Waals surface area contributed by atoms with Gasteiger partial charge in [-0.3, -0.25) is 24.2 Å². The molecule has 166 valence electrons. The summed E-state index contributed by atoms with van der Waals surface area (Å²) in [6.07, 6.45) is 6.92. The van der Waals surface area contributed by atoms with Crippen molar-refractivity contribution in [2.24, 2.45) is 11.8 Å². The molecule has 1 aromatic carbocycles. The number of aromatic nitrogens is 2. The Labute approximate surface area is 190 Å². The Balaban J connectivity index is 1.25. The lowest BCUT2D eigenvalue weighted by Gasteiger charge is -2.37. The number of fused-ring (bicyclic) bond motifs is 1.